The van der Waals surface area contributed by atoms with Crippen molar-refractivity contribution >= 4 is 38.5 Å². The van der Waals surface area contributed by atoms with Crippen LogP contribution in [0.2, 0.25) is 0 Å². The summed E-state index contributed by atoms with van der Waals surface area (Å²) in [5.74, 6) is -0.353. The van der Waals surface area contributed by atoms with E-state index >= 15 is 0 Å². The van der Waals surface area contributed by atoms with E-state index in [1.54, 1.807) is 18.2 Å². The van der Waals surface area contributed by atoms with Crippen LogP contribution in [0.25, 0.3) is 0 Å². The quantitative estimate of drug-likeness (QED) is 0.841. The fourth-order valence-electron chi connectivity index (χ4n) is 1.80. The van der Waals surface area contributed by atoms with Crippen molar-refractivity contribution in [1.29, 1.82) is 0 Å². The lowest BCUT2D eigenvalue weighted by atomic mass is 10.2. The van der Waals surface area contributed by atoms with Gasteiger partial charge in [0.15, 0.2) is 14.9 Å². The highest BCUT2D eigenvalue weighted by atomic mass is 32.2. The zero-order valence-electron chi connectivity index (χ0n) is 12.1. The number of thiocarbonyl (C=S) groups is 1. The molecule has 0 unspecified atom stereocenters. The lowest BCUT2D eigenvalue weighted by molar-refractivity contribution is 0.602. The van der Waals surface area contributed by atoms with Gasteiger partial charge in [0.1, 0.15) is 5.82 Å². The first-order valence-electron chi connectivity index (χ1n) is 6.40. The fraction of sp³-hybridized carbons (Fsp3) is 0.133. The molecule has 0 bridgehead atoms. The molecule has 4 nitrogen and oxygen atoms in total. The van der Waals surface area contributed by atoms with Crippen LogP contribution in [0.3, 0.4) is 0 Å². The molecule has 0 heterocycles. The van der Waals surface area contributed by atoms with Gasteiger partial charge in [0.25, 0.3) is 0 Å². The van der Waals surface area contributed by atoms with Crippen LogP contribution < -0.4 is 10.6 Å². The average molecular weight is 338 g/mol. The number of hydrogen-bond donors (Lipinski definition) is 2. The Morgan fingerprint density at radius 3 is 2.32 bits per heavy atom. The van der Waals surface area contributed by atoms with Crippen LogP contribution in [0.4, 0.5) is 15.8 Å². The minimum atomic E-state index is -3.22. The van der Waals surface area contributed by atoms with E-state index in [1.165, 1.54) is 24.3 Å². The molecule has 0 aliphatic rings. The first-order chi connectivity index (χ1) is 10.3. The lowest BCUT2D eigenvalue weighted by Crippen LogP contribution is -2.19. The van der Waals surface area contributed by atoms with E-state index in [0.717, 1.165) is 11.8 Å². The molecular weight excluding hydrogens is 323 g/mol. The summed E-state index contributed by atoms with van der Waals surface area (Å²) in [6.45, 7) is 1.84. The van der Waals surface area contributed by atoms with Gasteiger partial charge in [0.05, 0.1) is 4.90 Å². The number of sulfone groups is 1. The van der Waals surface area contributed by atoms with Gasteiger partial charge in [-0.25, -0.2) is 12.8 Å². The molecule has 0 spiro atoms. The van der Waals surface area contributed by atoms with E-state index in [4.69, 9.17) is 12.2 Å². The number of rotatable bonds is 3. The Kier molecular flexibility index (Phi) is 4.77. The Bertz CT molecular complexity index is 803. The molecule has 0 saturated heterocycles. The second kappa shape index (κ2) is 6.41. The van der Waals surface area contributed by atoms with Crippen LogP contribution in [-0.2, 0) is 9.84 Å². The molecule has 7 heteroatoms. The molecule has 0 aliphatic carbocycles. The normalized spacial score (nSPS) is 11.0. The third-order valence-electron chi connectivity index (χ3n) is 2.99. The van der Waals surface area contributed by atoms with Crippen molar-refractivity contribution in [3.8, 4) is 0 Å². The maximum Gasteiger partial charge on any atom is 0.175 e. The predicted molar refractivity (Wildman–Crippen MR) is 90.5 cm³/mol. The van der Waals surface area contributed by atoms with E-state index in [-0.39, 0.29) is 10.7 Å². The fourth-order valence-corrected chi connectivity index (χ4v) is 2.66. The van der Waals surface area contributed by atoms with E-state index in [2.05, 4.69) is 10.6 Å². The highest BCUT2D eigenvalue weighted by Gasteiger charge is 2.07. The molecule has 0 aromatic heterocycles. The molecule has 0 amide bonds. The van der Waals surface area contributed by atoms with Crippen molar-refractivity contribution in [2.24, 2.45) is 0 Å². The van der Waals surface area contributed by atoms with Crippen LogP contribution >= 0.6 is 12.2 Å². The summed E-state index contributed by atoms with van der Waals surface area (Å²) < 4.78 is 36.0. The van der Waals surface area contributed by atoms with E-state index in [1.807, 2.05) is 6.92 Å². The molecular formula is C15H15FN2O2S2. The third-order valence-corrected chi connectivity index (χ3v) is 4.32. The van der Waals surface area contributed by atoms with Gasteiger partial charge < -0.3 is 10.6 Å². The number of halogens is 1. The Morgan fingerprint density at radius 2 is 1.73 bits per heavy atom. The predicted octanol–water partition coefficient (Wildman–Crippen LogP) is 3.35. The maximum atomic E-state index is 13.2. The first-order valence-corrected chi connectivity index (χ1v) is 8.70. The third kappa shape index (κ3) is 4.25. The minimum absolute atomic E-state index is 0.234. The summed E-state index contributed by atoms with van der Waals surface area (Å²) >= 11 is 5.16. The molecule has 0 atom stereocenters. The summed E-state index contributed by atoms with van der Waals surface area (Å²) in [5.41, 5.74) is 2.07. The van der Waals surface area contributed by atoms with Crippen molar-refractivity contribution in [3.63, 3.8) is 0 Å². The molecule has 116 valence electrons. The van der Waals surface area contributed by atoms with Crippen molar-refractivity contribution < 1.29 is 12.8 Å². The molecule has 2 rings (SSSR count). The zero-order valence-corrected chi connectivity index (χ0v) is 13.7. The molecule has 2 aromatic carbocycles. The van der Waals surface area contributed by atoms with Crippen LogP contribution in [-0.4, -0.2) is 19.8 Å². The number of hydrogen-bond acceptors (Lipinski definition) is 3. The highest BCUT2D eigenvalue weighted by molar-refractivity contribution is 7.90. The van der Waals surface area contributed by atoms with Crippen molar-refractivity contribution in [2.75, 3.05) is 16.9 Å². The van der Waals surface area contributed by atoms with E-state index < -0.39 is 9.84 Å². The Balaban J connectivity index is 2.07. The SMILES string of the molecule is Cc1ccc(F)cc1NC(=S)Nc1ccc(S(C)(=O)=O)cc1. The minimum Gasteiger partial charge on any atom is -0.332 e. The van der Waals surface area contributed by atoms with Crippen LogP contribution in [0.1, 0.15) is 5.56 Å². The largest absolute Gasteiger partial charge is 0.332 e. The molecule has 0 saturated carbocycles. The highest BCUT2D eigenvalue weighted by Crippen LogP contribution is 2.17. The van der Waals surface area contributed by atoms with Crippen LogP contribution in [0.15, 0.2) is 47.4 Å². The molecule has 2 aromatic rings. The zero-order chi connectivity index (χ0) is 16.3. The molecule has 0 fully saturated rings. The summed E-state index contributed by atoms with van der Waals surface area (Å²) in [6.07, 6.45) is 1.15. The molecule has 22 heavy (non-hydrogen) atoms. The van der Waals surface area contributed by atoms with Gasteiger partial charge in [0.2, 0.25) is 0 Å². The Hall–Kier alpha value is -1.99. The number of benzene rings is 2. The van der Waals surface area contributed by atoms with Gasteiger partial charge in [-0.1, -0.05) is 6.07 Å². The molecule has 2 N–H and O–H groups in total. The van der Waals surface area contributed by atoms with Crippen molar-refractivity contribution in [3.05, 3.63) is 53.8 Å². The summed E-state index contributed by atoms with van der Waals surface area (Å²) in [7, 11) is -3.22. The first kappa shape index (κ1) is 16.4. The van der Waals surface area contributed by atoms with Gasteiger partial charge >= 0.3 is 0 Å². The summed E-state index contributed by atoms with van der Waals surface area (Å²) in [5, 5.41) is 6.12. The number of nitrogens with one attached hydrogen (secondary N) is 2. The second-order valence-electron chi connectivity index (χ2n) is 4.83. The summed E-state index contributed by atoms with van der Waals surface area (Å²) in [4.78, 5) is 0.234. The average Bonchev–Trinajstić information content (AvgIpc) is 2.42. The van der Waals surface area contributed by atoms with Crippen molar-refractivity contribution in [2.45, 2.75) is 11.8 Å². The van der Waals surface area contributed by atoms with Gasteiger partial charge in [-0.15, -0.1) is 0 Å². The second-order valence-corrected chi connectivity index (χ2v) is 7.26. The van der Waals surface area contributed by atoms with Gasteiger partial charge in [0, 0.05) is 17.6 Å². The van der Waals surface area contributed by atoms with Gasteiger partial charge in [-0.2, -0.15) is 0 Å². The lowest BCUT2D eigenvalue weighted by Gasteiger charge is -2.12. The Labute approximate surface area is 134 Å². The monoisotopic (exact) mass is 338 g/mol. The smallest absolute Gasteiger partial charge is 0.175 e. The van der Waals surface area contributed by atoms with Gasteiger partial charge in [-0.3, -0.25) is 0 Å². The van der Waals surface area contributed by atoms with Crippen LogP contribution in [0, 0.1) is 12.7 Å². The number of aryl methyl sites for hydroxylation is 1. The van der Waals surface area contributed by atoms with E-state index in [9.17, 15) is 12.8 Å². The van der Waals surface area contributed by atoms with E-state index in [0.29, 0.717) is 16.5 Å². The summed E-state index contributed by atoms with van der Waals surface area (Å²) in [6, 6.07) is 10.6. The topological polar surface area (TPSA) is 58.2 Å². The Morgan fingerprint density at radius 1 is 1.09 bits per heavy atom. The molecule has 0 radical (unpaired) electrons. The maximum absolute atomic E-state index is 13.2. The standard InChI is InChI=1S/C15H15FN2O2S2/c1-10-3-4-11(16)9-14(10)18-15(21)17-12-5-7-13(8-6-12)22(2,19)20/h3-9H,1-2H3,(H2,17,18,21). The molecule has 0 aliphatic heterocycles. The number of anilines is 2. The van der Waals surface area contributed by atoms with Crippen LogP contribution in [0.5, 0.6) is 0 Å². The van der Waals surface area contributed by atoms with Gasteiger partial charge in [-0.05, 0) is 61.1 Å². The van der Waals surface area contributed by atoms with Crippen molar-refractivity contribution in [1.82, 2.24) is 0 Å².